The number of hydrogen-bond donors (Lipinski definition) is 1. The summed E-state index contributed by atoms with van der Waals surface area (Å²) in [5.74, 6) is -0.715. The fourth-order valence-corrected chi connectivity index (χ4v) is 2.10. The first-order chi connectivity index (χ1) is 9.66. The summed E-state index contributed by atoms with van der Waals surface area (Å²) in [4.78, 5) is 23.9. The van der Waals surface area contributed by atoms with Gasteiger partial charge in [0.2, 0.25) is 0 Å². The van der Waals surface area contributed by atoms with Crippen LogP contribution < -0.4 is 5.32 Å². The Hall–Kier alpha value is -2.10. The summed E-state index contributed by atoms with van der Waals surface area (Å²) in [6, 6.07) is 9.12. The van der Waals surface area contributed by atoms with Crippen LogP contribution in [0.4, 0.5) is 5.69 Å². The molecule has 4 nitrogen and oxygen atoms in total. The third kappa shape index (κ3) is 3.95. The van der Waals surface area contributed by atoms with E-state index in [0.29, 0.717) is 12.1 Å². The number of carbonyl (C=O) groups is 2. The molecule has 2 atom stereocenters. The summed E-state index contributed by atoms with van der Waals surface area (Å²) in [6.07, 6.45) is 5.66. The molecule has 0 saturated carbocycles. The first-order valence-corrected chi connectivity index (χ1v) is 6.88. The molecule has 106 valence electrons. The van der Waals surface area contributed by atoms with Crippen LogP contribution in [0.5, 0.6) is 0 Å². The van der Waals surface area contributed by atoms with Gasteiger partial charge in [0.25, 0.3) is 5.91 Å². The maximum absolute atomic E-state index is 11.9. The predicted molar refractivity (Wildman–Crippen MR) is 77.1 cm³/mol. The van der Waals surface area contributed by atoms with Gasteiger partial charge in [0.1, 0.15) is 0 Å². The van der Waals surface area contributed by atoms with Crippen LogP contribution in [-0.2, 0) is 14.3 Å². The second-order valence-electron chi connectivity index (χ2n) is 4.92. The number of carbonyl (C=O) groups excluding carboxylic acids is 2. The standard InChI is InChI=1S/C16H19NO3/c1-12(15(18)17-14-10-6-3-7-11-14)20-16(19)13-8-4-2-5-9-13/h2-4,6-7,10-13H,5,8-9H2,1H3,(H,17,18)/t12-,13-/m0/s1. The summed E-state index contributed by atoms with van der Waals surface area (Å²) < 4.78 is 5.24. The van der Waals surface area contributed by atoms with Crippen molar-refractivity contribution in [2.75, 3.05) is 5.32 Å². The SMILES string of the molecule is C[C@H](OC(=O)[C@H]1CC=CCC1)C(=O)Nc1ccccc1. The molecule has 0 saturated heterocycles. The van der Waals surface area contributed by atoms with Crippen molar-refractivity contribution in [2.45, 2.75) is 32.3 Å². The Morgan fingerprint density at radius 3 is 2.65 bits per heavy atom. The van der Waals surface area contributed by atoms with Crippen LogP contribution in [0.2, 0.25) is 0 Å². The van der Waals surface area contributed by atoms with Crippen LogP contribution in [0.15, 0.2) is 42.5 Å². The lowest BCUT2D eigenvalue weighted by Gasteiger charge is -2.19. The molecule has 0 aromatic heterocycles. The van der Waals surface area contributed by atoms with E-state index in [1.165, 1.54) is 0 Å². The zero-order valence-corrected chi connectivity index (χ0v) is 11.5. The molecule has 0 spiro atoms. The second-order valence-corrected chi connectivity index (χ2v) is 4.92. The minimum Gasteiger partial charge on any atom is -0.452 e. The third-order valence-electron chi connectivity index (χ3n) is 3.31. The van der Waals surface area contributed by atoms with Crippen molar-refractivity contribution < 1.29 is 14.3 Å². The minimum absolute atomic E-state index is 0.119. The summed E-state index contributed by atoms with van der Waals surface area (Å²) in [5.41, 5.74) is 0.695. The molecule has 0 radical (unpaired) electrons. The molecule has 0 fully saturated rings. The molecule has 0 aliphatic heterocycles. The molecule has 1 aromatic carbocycles. The number of esters is 1. The number of rotatable bonds is 4. The van der Waals surface area contributed by atoms with Crippen molar-refractivity contribution in [2.24, 2.45) is 5.92 Å². The number of benzene rings is 1. The Labute approximate surface area is 118 Å². The summed E-state index contributed by atoms with van der Waals surface area (Å²) in [6.45, 7) is 1.59. The van der Waals surface area contributed by atoms with E-state index in [-0.39, 0.29) is 17.8 Å². The van der Waals surface area contributed by atoms with Gasteiger partial charge in [0.15, 0.2) is 6.10 Å². The van der Waals surface area contributed by atoms with E-state index in [1.54, 1.807) is 19.1 Å². The van der Waals surface area contributed by atoms with E-state index >= 15 is 0 Å². The van der Waals surface area contributed by atoms with Gasteiger partial charge in [-0.25, -0.2) is 0 Å². The fourth-order valence-electron chi connectivity index (χ4n) is 2.10. The maximum atomic E-state index is 11.9. The smallest absolute Gasteiger partial charge is 0.310 e. The molecule has 2 rings (SSSR count). The van der Waals surface area contributed by atoms with Gasteiger partial charge in [-0.3, -0.25) is 9.59 Å². The number of para-hydroxylation sites is 1. The van der Waals surface area contributed by atoms with E-state index in [1.807, 2.05) is 24.3 Å². The van der Waals surface area contributed by atoms with Crippen molar-refractivity contribution in [1.29, 1.82) is 0 Å². The minimum atomic E-state index is -0.784. The predicted octanol–water partition coefficient (Wildman–Crippen LogP) is 2.91. The highest BCUT2D eigenvalue weighted by Gasteiger charge is 2.24. The van der Waals surface area contributed by atoms with Crippen LogP contribution in [0.25, 0.3) is 0 Å². The van der Waals surface area contributed by atoms with Gasteiger partial charge in [0.05, 0.1) is 5.92 Å². The number of nitrogens with one attached hydrogen (secondary N) is 1. The van der Waals surface area contributed by atoms with E-state index < -0.39 is 6.10 Å². The van der Waals surface area contributed by atoms with Gasteiger partial charge < -0.3 is 10.1 Å². The quantitative estimate of drug-likeness (QED) is 0.678. The lowest BCUT2D eigenvalue weighted by atomic mass is 9.95. The Morgan fingerprint density at radius 2 is 2.00 bits per heavy atom. The highest BCUT2D eigenvalue weighted by atomic mass is 16.5. The third-order valence-corrected chi connectivity index (χ3v) is 3.31. The molecule has 20 heavy (non-hydrogen) atoms. The fraction of sp³-hybridized carbons (Fsp3) is 0.375. The average Bonchev–Trinajstić information content (AvgIpc) is 2.49. The van der Waals surface area contributed by atoms with Crippen LogP contribution in [0.1, 0.15) is 26.2 Å². The highest BCUT2D eigenvalue weighted by molar-refractivity contribution is 5.95. The van der Waals surface area contributed by atoms with E-state index in [0.717, 1.165) is 12.8 Å². The number of allylic oxidation sites excluding steroid dienone is 2. The van der Waals surface area contributed by atoms with Gasteiger partial charge in [0, 0.05) is 5.69 Å². The van der Waals surface area contributed by atoms with Crippen molar-refractivity contribution in [3.63, 3.8) is 0 Å². The van der Waals surface area contributed by atoms with Gasteiger partial charge >= 0.3 is 5.97 Å². The number of ether oxygens (including phenoxy) is 1. The molecule has 0 heterocycles. The molecule has 1 amide bonds. The lowest BCUT2D eigenvalue weighted by Crippen LogP contribution is -2.32. The Morgan fingerprint density at radius 1 is 1.25 bits per heavy atom. The van der Waals surface area contributed by atoms with Gasteiger partial charge in [-0.2, -0.15) is 0 Å². The van der Waals surface area contributed by atoms with Crippen molar-refractivity contribution >= 4 is 17.6 Å². The number of anilines is 1. The first kappa shape index (κ1) is 14.3. The van der Waals surface area contributed by atoms with E-state index in [9.17, 15) is 9.59 Å². The van der Waals surface area contributed by atoms with Crippen molar-refractivity contribution in [3.8, 4) is 0 Å². The largest absolute Gasteiger partial charge is 0.452 e. The molecule has 1 N–H and O–H groups in total. The van der Waals surface area contributed by atoms with Crippen molar-refractivity contribution in [3.05, 3.63) is 42.5 Å². The molecular formula is C16H19NO3. The zero-order valence-electron chi connectivity index (χ0n) is 11.5. The zero-order chi connectivity index (χ0) is 14.4. The van der Waals surface area contributed by atoms with Crippen LogP contribution >= 0.6 is 0 Å². The molecule has 1 aliphatic carbocycles. The molecule has 1 aliphatic rings. The Kier molecular flexibility index (Phi) is 4.93. The number of amides is 1. The maximum Gasteiger partial charge on any atom is 0.310 e. The van der Waals surface area contributed by atoms with Crippen LogP contribution in [-0.4, -0.2) is 18.0 Å². The summed E-state index contributed by atoms with van der Waals surface area (Å²) in [5, 5.41) is 2.72. The molecule has 0 unspecified atom stereocenters. The lowest BCUT2D eigenvalue weighted by molar-refractivity contribution is -0.157. The van der Waals surface area contributed by atoms with E-state index in [2.05, 4.69) is 11.4 Å². The Bertz CT molecular complexity index is 496. The van der Waals surface area contributed by atoms with Crippen LogP contribution in [0, 0.1) is 5.92 Å². The molecule has 4 heteroatoms. The molecule has 1 aromatic rings. The van der Waals surface area contributed by atoms with Gasteiger partial charge in [-0.05, 0) is 38.3 Å². The summed E-state index contributed by atoms with van der Waals surface area (Å²) in [7, 11) is 0. The highest BCUT2D eigenvalue weighted by Crippen LogP contribution is 2.20. The molecular weight excluding hydrogens is 254 g/mol. The second kappa shape index (κ2) is 6.89. The first-order valence-electron chi connectivity index (χ1n) is 6.88. The summed E-state index contributed by atoms with van der Waals surface area (Å²) >= 11 is 0. The topological polar surface area (TPSA) is 55.4 Å². The average molecular weight is 273 g/mol. The monoisotopic (exact) mass is 273 g/mol. The normalized spacial score (nSPS) is 19.1. The molecule has 0 bridgehead atoms. The Balaban J connectivity index is 1.84. The van der Waals surface area contributed by atoms with Crippen molar-refractivity contribution in [1.82, 2.24) is 0 Å². The van der Waals surface area contributed by atoms with Gasteiger partial charge in [-0.15, -0.1) is 0 Å². The van der Waals surface area contributed by atoms with E-state index in [4.69, 9.17) is 4.74 Å². The van der Waals surface area contributed by atoms with Crippen LogP contribution in [0.3, 0.4) is 0 Å². The number of hydrogen-bond acceptors (Lipinski definition) is 3. The van der Waals surface area contributed by atoms with Gasteiger partial charge in [-0.1, -0.05) is 30.4 Å².